The van der Waals surface area contributed by atoms with Gasteiger partial charge in [0.1, 0.15) is 5.82 Å². The van der Waals surface area contributed by atoms with Gasteiger partial charge in [-0.1, -0.05) is 13.8 Å². The van der Waals surface area contributed by atoms with E-state index in [1.807, 2.05) is 17.8 Å². The van der Waals surface area contributed by atoms with Crippen LogP contribution in [-0.2, 0) is 6.54 Å². The minimum Gasteiger partial charge on any atom is -0.372 e. The molecule has 21 heavy (non-hydrogen) atoms. The number of thioether (sulfide) groups is 1. The average molecular weight is 312 g/mol. The number of hydrogen-bond donors (Lipinski definition) is 1. The number of rotatable bonds is 9. The van der Waals surface area contributed by atoms with Crippen molar-refractivity contribution in [2.45, 2.75) is 39.8 Å². The van der Waals surface area contributed by atoms with Crippen molar-refractivity contribution in [3.63, 3.8) is 0 Å². The summed E-state index contributed by atoms with van der Waals surface area (Å²) in [5.41, 5.74) is 2.16. The van der Waals surface area contributed by atoms with Gasteiger partial charge in [0.25, 0.3) is 0 Å². The van der Waals surface area contributed by atoms with Gasteiger partial charge in [-0.25, -0.2) is 4.39 Å². The molecule has 1 aromatic carbocycles. The Balaban J connectivity index is 2.79. The first-order valence-electron chi connectivity index (χ1n) is 7.66. The zero-order valence-corrected chi connectivity index (χ0v) is 14.8. The largest absolute Gasteiger partial charge is 0.372 e. The smallest absolute Gasteiger partial charge is 0.123 e. The predicted octanol–water partition coefficient (Wildman–Crippen LogP) is 4.15. The Kier molecular flexibility index (Phi) is 8.12. The van der Waals surface area contributed by atoms with Crippen molar-refractivity contribution in [3.8, 4) is 0 Å². The molecule has 0 fully saturated rings. The fourth-order valence-corrected chi connectivity index (χ4v) is 2.83. The van der Waals surface area contributed by atoms with E-state index in [0.29, 0.717) is 18.5 Å². The van der Waals surface area contributed by atoms with Crippen molar-refractivity contribution < 1.29 is 4.39 Å². The van der Waals surface area contributed by atoms with Crippen molar-refractivity contribution in [1.29, 1.82) is 0 Å². The van der Waals surface area contributed by atoms with Gasteiger partial charge in [-0.05, 0) is 61.6 Å². The minimum atomic E-state index is -0.162. The summed E-state index contributed by atoms with van der Waals surface area (Å²) in [5.74, 6) is 1.58. The Morgan fingerprint density at radius 2 is 2.00 bits per heavy atom. The summed E-state index contributed by atoms with van der Waals surface area (Å²) in [6.07, 6.45) is 3.26. The van der Waals surface area contributed by atoms with Crippen molar-refractivity contribution in [1.82, 2.24) is 5.32 Å². The first-order valence-corrected chi connectivity index (χ1v) is 9.06. The maximum Gasteiger partial charge on any atom is 0.123 e. The van der Waals surface area contributed by atoms with E-state index in [0.717, 1.165) is 30.0 Å². The number of benzene rings is 1. The molecule has 0 spiro atoms. The normalized spacial score (nSPS) is 12.7. The van der Waals surface area contributed by atoms with Crippen molar-refractivity contribution >= 4 is 17.4 Å². The summed E-state index contributed by atoms with van der Waals surface area (Å²) in [4.78, 5) is 2.27. The molecule has 1 rings (SSSR count). The summed E-state index contributed by atoms with van der Waals surface area (Å²) in [6.45, 7) is 8.24. The summed E-state index contributed by atoms with van der Waals surface area (Å²) < 4.78 is 13.6. The lowest BCUT2D eigenvalue weighted by Crippen LogP contribution is -2.31. The van der Waals surface area contributed by atoms with Crippen LogP contribution in [0.3, 0.4) is 0 Å². The molecule has 1 aromatic rings. The number of nitrogens with zero attached hydrogens (tertiary/aromatic N) is 1. The number of anilines is 1. The zero-order chi connectivity index (χ0) is 15.8. The topological polar surface area (TPSA) is 15.3 Å². The molecular weight excluding hydrogens is 283 g/mol. The van der Waals surface area contributed by atoms with E-state index >= 15 is 0 Å². The molecule has 0 aliphatic heterocycles. The highest BCUT2D eigenvalue weighted by Gasteiger charge is 2.14. The van der Waals surface area contributed by atoms with E-state index in [-0.39, 0.29) is 5.82 Å². The minimum absolute atomic E-state index is 0.162. The summed E-state index contributed by atoms with van der Waals surface area (Å²) in [5, 5.41) is 3.41. The molecule has 120 valence electrons. The molecule has 4 heteroatoms. The Bertz CT molecular complexity index is 423. The quantitative estimate of drug-likeness (QED) is 0.737. The Morgan fingerprint density at radius 3 is 2.62 bits per heavy atom. The van der Waals surface area contributed by atoms with Gasteiger partial charge in [-0.15, -0.1) is 0 Å². The van der Waals surface area contributed by atoms with Gasteiger partial charge in [0.05, 0.1) is 0 Å². The lowest BCUT2D eigenvalue weighted by atomic mass is 10.1. The van der Waals surface area contributed by atoms with Crippen LogP contribution in [0.4, 0.5) is 10.1 Å². The molecule has 0 aliphatic carbocycles. The van der Waals surface area contributed by atoms with E-state index in [2.05, 4.69) is 44.3 Å². The highest BCUT2D eigenvalue weighted by atomic mass is 32.2. The van der Waals surface area contributed by atoms with Gasteiger partial charge in [-0.2, -0.15) is 11.8 Å². The standard InChI is InChI=1S/C17H29FN2S/c1-13(2)11-19-12-15-10-16(18)6-7-17(15)20(4)14(3)8-9-21-5/h6-7,10,13-14,19H,8-9,11-12H2,1-5H3. The Labute approximate surface area is 133 Å². The fourth-order valence-electron chi connectivity index (χ4n) is 2.25. The molecule has 0 radical (unpaired) electrons. The molecular formula is C17H29FN2S. The van der Waals surface area contributed by atoms with Gasteiger partial charge in [-0.3, -0.25) is 0 Å². The van der Waals surface area contributed by atoms with Crippen molar-refractivity contribution in [3.05, 3.63) is 29.6 Å². The van der Waals surface area contributed by atoms with Crippen LogP contribution in [0.15, 0.2) is 18.2 Å². The lowest BCUT2D eigenvalue weighted by molar-refractivity contribution is 0.548. The molecule has 0 aromatic heterocycles. The van der Waals surface area contributed by atoms with Gasteiger partial charge in [0, 0.05) is 25.3 Å². The third-order valence-corrected chi connectivity index (χ3v) is 4.33. The maximum absolute atomic E-state index is 13.6. The van der Waals surface area contributed by atoms with Crippen LogP contribution in [0, 0.1) is 11.7 Å². The molecule has 0 heterocycles. The molecule has 0 amide bonds. The first-order chi connectivity index (χ1) is 9.95. The molecule has 0 saturated carbocycles. The molecule has 0 bridgehead atoms. The second-order valence-electron chi connectivity index (χ2n) is 6.04. The van der Waals surface area contributed by atoms with E-state index in [1.54, 1.807) is 12.1 Å². The molecule has 1 N–H and O–H groups in total. The average Bonchev–Trinajstić information content (AvgIpc) is 2.44. The number of halogens is 1. The second-order valence-corrected chi connectivity index (χ2v) is 7.02. The molecule has 0 aliphatic rings. The fraction of sp³-hybridized carbons (Fsp3) is 0.647. The van der Waals surface area contributed by atoms with Crippen LogP contribution in [0.25, 0.3) is 0 Å². The lowest BCUT2D eigenvalue weighted by Gasteiger charge is -2.29. The van der Waals surface area contributed by atoms with Crippen LogP contribution in [0.5, 0.6) is 0 Å². The second kappa shape index (κ2) is 9.31. The van der Waals surface area contributed by atoms with E-state index in [4.69, 9.17) is 0 Å². The zero-order valence-electron chi connectivity index (χ0n) is 13.9. The number of nitrogens with one attached hydrogen (secondary N) is 1. The molecule has 0 saturated heterocycles. The SMILES string of the molecule is CSCCC(C)N(C)c1ccc(F)cc1CNCC(C)C. The first kappa shape index (κ1) is 18.3. The summed E-state index contributed by atoms with van der Waals surface area (Å²) >= 11 is 1.87. The number of hydrogen-bond acceptors (Lipinski definition) is 3. The van der Waals surface area contributed by atoms with Crippen molar-refractivity contribution in [2.75, 3.05) is 30.5 Å². The third-order valence-electron chi connectivity index (χ3n) is 3.69. The maximum atomic E-state index is 13.6. The summed E-state index contributed by atoms with van der Waals surface area (Å²) in [7, 11) is 2.10. The van der Waals surface area contributed by atoms with Crippen LogP contribution in [0.2, 0.25) is 0 Å². The van der Waals surface area contributed by atoms with Gasteiger partial charge >= 0.3 is 0 Å². The van der Waals surface area contributed by atoms with Crippen LogP contribution < -0.4 is 10.2 Å². The van der Waals surface area contributed by atoms with Crippen LogP contribution >= 0.6 is 11.8 Å². The predicted molar refractivity (Wildman–Crippen MR) is 93.8 cm³/mol. The molecule has 1 unspecified atom stereocenters. The molecule has 2 nitrogen and oxygen atoms in total. The van der Waals surface area contributed by atoms with Crippen LogP contribution in [0.1, 0.15) is 32.8 Å². The Hall–Kier alpha value is -0.740. The highest BCUT2D eigenvalue weighted by molar-refractivity contribution is 7.98. The van der Waals surface area contributed by atoms with Gasteiger partial charge in [0.2, 0.25) is 0 Å². The van der Waals surface area contributed by atoms with E-state index in [1.165, 1.54) is 0 Å². The van der Waals surface area contributed by atoms with Gasteiger partial charge in [0.15, 0.2) is 0 Å². The molecule has 1 atom stereocenters. The Morgan fingerprint density at radius 1 is 1.29 bits per heavy atom. The van der Waals surface area contributed by atoms with E-state index < -0.39 is 0 Å². The van der Waals surface area contributed by atoms with Crippen LogP contribution in [-0.4, -0.2) is 31.6 Å². The summed E-state index contributed by atoms with van der Waals surface area (Å²) in [6, 6.07) is 5.56. The highest BCUT2D eigenvalue weighted by Crippen LogP contribution is 2.24. The van der Waals surface area contributed by atoms with Crippen molar-refractivity contribution in [2.24, 2.45) is 5.92 Å². The van der Waals surface area contributed by atoms with E-state index in [9.17, 15) is 4.39 Å². The third kappa shape index (κ3) is 6.27. The monoisotopic (exact) mass is 312 g/mol. The van der Waals surface area contributed by atoms with Gasteiger partial charge < -0.3 is 10.2 Å².